The van der Waals surface area contributed by atoms with E-state index in [1.54, 1.807) is 13.0 Å². The van der Waals surface area contributed by atoms with E-state index in [4.69, 9.17) is 20.8 Å². The third-order valence-electron chi connectivity index (χ3n) is 3.76. The molecule has 0 bridgehead atoms. The summed E-state index contributed by atoms with van der Waals surface area (Å²) in [6, 6.07) is 5.81. The molecule has 1 aliphatic heterocycles. The molecule has 2 heterocycles. The molecule has 1 N–H and O–H groups in total. The molecule has 1 aromatic heterocycles. The van der Waals surface area contributed by atoms with E-state index in [9.17, 15) is 13.2 Å². The summed E-state index contributed by atoms with van der Waals surface area (Å²) in [5.74, 6) is 0.162. The Morgan fingerprint density at radius 3 is 2.75 bits per heavy atom. The number of nitrogens with one attached hydrogen (secondary N) is 1. The molecule has 0 fully saturated rings. The first-order valence-electron chi connectivity index (χ1n) is 7.31. The van der Waals surface area contributed by atoms with Crippen LogP contribution < -0.4 is 10.1 Å². The van der Waals surface area contributed by atoms with Gasteiger partial charge in [-0.3, -0.25) is 4.79 Å². The Morgan fingerprint density at radius 1 is 1.33 bits per heavy atom. The van der Waals surface area contributed by atoms with Crippen molar-refractivity contribution in [3.05, 3.63) is 46.2 Å². The molecular formula is C16H16ClNO5S. The Bertz CT molecular complexity index is 903. The van der Waals surface area contributed by atoms with E-state index in [0.717, 1.165) is 29.6 Å². The second-order valence-electron chi connectivity index (χ2n) is 5.67. The molecule has 0 aliphatic carbocycles. The molecule has 0 saturated carbocycles. The van der Waals surface area contributed by atoms with Crippen LogP contribution >= 0.6 is 11.6 Å². The molecule has 3 rings (SSSR count). The SMILES string of the molecule is CC(NC(=O)c1ccc(S(C)(=O)=O)o1)c1cc(Cl)cc2c1OCC2. The summed E-state index contributed by atoms with van der Waals surface area (Å²) >= 11 is 6.13. The van der Waals surface area contributed by atoms with Gasteiger partial charge < -0.3 is 14.5 Å². The highest BCUT2D eigenvalue weighted by Crippen LogP contribution is 2.36. The van der Waals surface area contributed by atoms with Gasteiger partial charge in [-0.15, -0.1) is 0 Å². The maximum absolute atomic E-state index is 12.3. The van der Waals surface area contributed by atoms with Gasteiger partial charge in [0.05, 0.1) is 12.6 Å². The lowest BCUT2D eigenvalue weighted by Crippen LogP contribution is -2.26. The second kappa shape index (κ2) is 6.14. The van der Waals surface area contributed by atoms with Crippen LogP contribution in [0.25, 0.3) is 0 Å². The van der Waals surface area contributed by atoms with Gasteiger partial charge in [0.1, 0.15) is 5.75 Å². The molecule has 6 nitrogen and oxygen atoms in total. The number of benzene rings is 1. The number of amides is 1. The standard InChI is InChI=1S/C16H16ClNO5S/c1-9(12-8-11(17)7-10-5-6-22-15(10)12)18-16(19)13-3-4-14(23-13)24(2,20)21/h3-4,7-9H,5-6H2,1-2H3,(H,18,19). The molecule has 0 saturated heterocycles. The molecule has 1 amide bonds. The van der Waals surface area contributed by atoms with E-state index < -0.39 is 15.7 Å². The quantitative estimate of drug-likeness (QED) is 0.895. The van der Waals surface area contributed by atoms with Crippen LogP contribution in [0.1, 0.15) is 34.6 Å². The number of carbonyl (C=O) groups excluding carboxylic acids is 1. The number of halogens is 1. The third-order valence-corrected chi connectivity index (χ3v) is 4.93. The Kier molecular flexibility index (Phi) is 4.31. The number of hydrogen-bond donors (Lipinski definition) is 1. The molecule has 128 valence electrons. The third kappa shape index (κ3) is 3.27. The van der Waals surface area contributed by atoms with E-state index in [0.29, 0.717) is 11.6 Å². The fourth-order valence-corrected chi connectivity index (χ4v) is 3.41. The maximum Gasteiger partial charge on any atom is 0.287 e. The fraction of sp³-hybridized carbons (Fsp3) is 0.312. The summed E-state index contributed by atoms with van der Waals surface area (Å²) in [7, 11) is -3.49. The normalized spacial score (nSPS) is 14.8. The monoisotopic (exact) mass is 369 g/mol. The molecule has 0 radical (unpaired) electrons. The number of carbonyl (C=O) groups is 1. The number of rotatable bonds is 4. The van der Waals surface area contributed by atoms with Crippen molar-refractivity contribution in [1.82, 2.24) is 5.32 Å². The highest BCUT2D eigenvalue weighted by molar-refractivity contribution is 7.90. The highest BCUT2D eigenvalue weighted by atomic mass is 35.5. The van der Waals surface area contributed by atoms with Crippen molar-refractivity contribution in [2.75, 3.05) is 12.9 Å². The van der Waals surface area contributed by atoms with E-state index in [-0.39, 0.29) is 16.9 Å². The van der Waals surface area contributed by atoms with Crippen molar-refractivity contribution in [2.24, 2.45) is 0 Å². The average molecular weight is 370 g/mol. The molecule has 1 unspecified atom stereocenters. The summed E-state index contributed by atoms with van der Waals surface area (Å²) in [5.41, 5.74) is 1.79. The second-order valence-corrected chi connectivity index (χ2v) is 8.05. The Balaban J connectivity index is 1.82. The molecule has 0 spiro atoms. The Morgan fingerprint density at radius 2 is 2.08 bits per heavy atom. The smallest absolute Gasteiger partial charge is 0.287 e. The maximum atomic E-state index is 12.3. The summed E-state index contributed by atoms with van der Waals surface area (Å²) in [5, 5.41) is 3.10. The first-order valence-corrected chi connectivity index (χ1v) is 9.58. The van der Waals surface area contributed by atoms with Crippen LogP contribution in [-0.2, 0) is 16.3 Å². The predicted molar refractivity (Wildman–Crippen MR) is 88.4 cm³/mol. The van der Waals surface area contributed by atoms with E-state index in [1.807, 2.05) is 6.07 Å². The van der Waals surface area contributed by atoms with Crippen molar-refractivity contribution >= 4 is 27.3 Å². The fourth-order valence-electron chi connectivity index (χ4n) is 2.61. The lowest BCUT2D eigenvalue weighted by Gasteiger charge is -2.17. The van der Waals surface area contributed by atoms with Gasteiger partial charge >= 0.3 is 0 Å². The molecular weight excluding hydrogens is 354 g/mol. The molecule has 24 heavy (non-hydrogen) atoms. The van der Waals surface area contributed by atoms with Crippen LogP contribution in [0.2, 0.25) is 5.02 Å². The minimum atomic E-state index is -3.49. The minimum Gasteiger partial charge on any atom is -0.493 e. The minimum absolute atomic E-state index is 0.0677. The number of ether oxygens (including phenoxy) is 1. The van der Waals surface area contributed by atoms with Gasteiger partial charge in [-0.1, -0.05) is 11.6 Å². The number of sulfone groups is 1. The van der Waals surface area contributed by atoms with E-state index >= 15 is 0 Å². The van der Waals surface area contributed by atoms with Gasteiger partial charge in [-0.05, 0) is 36.8 Å². The van der Waals surface area contributed by atoms with Gasteiger partial charge in [0, 0.05) is 23.3 Å². The lowest BCUT2D eigenvalue weighted by atomic mass is 10.0. The molecule has 1 aliphatic rings. The van der Waals surface area contributed by atoms with Gasteiger partial charge in [-0.2, -0.15) is 0 Å². The van der Waals surface area contributed by atoms with Crippen LogP contribution in [-0.4, -0.2) is 27.2 Å². The first kappa shape index (κ1) is 16.9. The van der Waals surface area contributed by atoms with Crippen molar-refractivity contribution in [3.8, 4) is 5.75 Å². The summed E-state index contributed by atoms with van der Waals surface area (Å²) in [6.07, 6.45) is 1.79. The van der Waals surface area contributed by atoms with E-state index in [1.165, 1.54) is 12.1 Å². The topological polar surface area (TPSA) is 85.6 Å². The summed E-state index contributed by atoms with van der Waals surface area (Å²) in [4.78, 5) is 12.3. The van der Waals surface area contributed by atoms with Crippen LogP contribution in [0.4, 0.5) is 0 Å². The lowest BCUT2D eigenvalue weighted by molar-refractivity contribution is 0.0906. The predicted octanol–water partition coefficient (Wildman–Crippen LogP) is 2.76. The van der Waals surface area contributed by atoms with Crippen molar-refractivity contribution in [3.63, 3.8) is 0 Å². The molecule has 8 heteroatoms. The first-order chi connectivity index (χ1) is 11.3. The Labute approximate surface area is 144 Å². The van der Waals surface area contributed by atoms with Crippen molar-refractivity contribution in [2.45, 2.75) is 24.5 Å². The van der Waals surface area contributed by atoms with Crippen LogP contribution in [0.15, 0.2) is 33.8 Å². The van der Waals surface area contributed by atoms with Crippen LogP contribution in [0.3, 0.4) is 0 Å². The Hall–Kier alpha value is -1.99. The zero-order valence-corrected chi connectivity index (χ0v) is 14.7. The van der Waals surface area contributed by atoms with Crippen molar-refractivity contribution in [1.29, 1.82) is 0 Å². The molecule has 1 atom stereocenters. The number of furan rings is 1. The largest absolute Gasteiger partial charge is 0.493 e. The van der Waals surface area contributed by atoms with Gasteiger partial charge in [0.25, 0.3) is 5.91 Å². The molecule has 2 aromatic rings. The number of hydrogen-bond acceptors (Lipinski definition) is 5. The average Bonchev–Trinajstić information content (AvgIpc) is 3.14. The zero-order valence-electron chi connectivity index (χ0n) is 13.1. The van der Waals surface area contributed by atoms with Gasteiger partial charge in [-0.25, -0.2) is 8.42 Å². The van der Waals surface area contributed by atoms with E-state index in [2.05, 4.69) is 5.32 Å². The highest BCUT2D eigenvalue weighted by Gasteiger charge is 2.24. The van der Waals surface area contributed by atoms with Crippen LogP contribution in [0.5, 0.6) is 5.75 Å². The molecule has 1 aromatic carbocycles. The van der Waals surface area contributed by atoms with Gasteiger partial charge in [0.15, 0.2) is 5.76 Å². The number of fused-ring (bicyclic) bond motifs is 1. The van der Waals surface area contributed by atoms with Crippen LogP contribution in [0, 0.1) is 0 Å². The zero-order chi connectivity index (χ0) is 17.5. The van der Waals surface area contributed by atoms with Gasteiger partial charge in [0.2, 0.25) is 14.9 Å². The van der Waals surface area contributed by atoms with Crippen molar-refractivity contribution < 1.29 is 22.4 Å². The summed E-state index contributed by atoms with van der Waals surface area (Å²) < 4.78 is 33.6. The summed E-state index contributed by atoms with van der Waals surface area (Å²) in [6.45, 7) is 2.38.